The third kappa shape index (κ3) is 84.3. The minimum Gasteiger partial charge on any atom is -0.481 e. The van der Waals surface area contributed by atoms with Gasteiger partial charge in [0.15, 0.2) is 0 Å². The zero-order valence-electron chi connectivity index (χ0n) is 30.6. The minimum atomic E-state index is -0.714. The molecule has 0 radical (unpaired) electrons. The zero-order valence-corrected chi connectivity index (χ0v) is 30.6. The third-order valence-electron chi connectivity index (χ3n) is 6.91. The average Bonchev–Trinajstić information content (AvgIpc) is 3.05. The van der Waals surface area contributed by atoms with Gasteiger partial charge in [-0.05, 0) is 32.6 Å². The van der Waals surface area contributed by atoms with Crippen molar-refractivity contribution in [1.82, 2.24) is 0 Å². The number of carbonyl (C=O) groups excluding carboxylic acids is 5. The highest BCUT2D eigenvalue weighted by Crippen LogP contribution is 2.14. The van der Waals surface area contributed by atoms with Gasteiger partial charge in [-0.1, -0.05) is 116 Å². The van der Waals surface area contributed by atoms with Gasteiger partial charge >= 0.3 is 5.97 Å². The number of Topliss-reactive ketones (excluding diaryl/α,β-unsaturated/α-hetero) is 1. The van der Waals surface area contributed by atoms with Crippen molar-refractivity contribution in [3.63, 3.8) is 0 Å². The van der Waals surface area contributed by atoms with Crippen LogP contribution in [-0.4, -0.2) is 68.8 Å². The Morgan fingerprint density at radius 1 is 0.500 bits per heavy atom. The molecule has 12 heteroatoms. The first-order chi connectivity index (χ1) is 23.3. The number of carboxylic acids is 1. The van der Waals surface area contributed by atoms with Crippen molar-refractivity contribution in [2.75, 3.05) is 26.4 Å². The molecule has 0 bridgehead atoms. The number of unbranched alkanes of at least 4 members (excludes halogenated alkanes) is 20. The number of primary amides is 3. The molecule has 48 heavy (non-hydrogen) atoms. The first-order valence-corrected chi connectivity index (χ1v) is 18.1. The van der Waals surface area contributed by atoms with Gasteiger partial charge in [-0.2, -0.15) is 0 Å². The molecule has 12 nitrogen and oxygen atoms in total. The number of nitrogens with two attached hydrogens (primary N) is 3. The van der Waals surface area contributed by atoms with Crippen molar-refractivity contribution < 1.29 is 43.3 Å². The second-order valence-corrected chi connectivity index (χ2v) is 11.2. The van der Waals surface area contributed by atoms with Crippen molar-refractivity contribution in [2.24, 2.45) is 17.2 Å². The molecule has 7 N–H and O–H groups in total. The predicted octanol–water partition coefficient (Wildman–Crippen LogP) is 6.57. The number of aldehydes is 1. The Morgan fingerprint density at radius 2 is 0.750 bits per heavy atom. The van der Waals surface area contributed by atoms with E-state index in [2.05, 4.69) is 17.2 Å². The number of aliphatic carboxylic acids is 1. The van der Waals surface area contributed by atoms with Crippen LogP contribution in [0.3, 0.4) is 0 Å². The molecule has 0 aliphatic heterocycles. The Balaban J connectivity index is -0.000000370. The molecular formula is C36H73N3O9. The summed E-state index contributed by atoms with van der Waals surface area (Å²) in [7, 11) is 0. The van der Waals surface area contributed by atoms with Gasteiger partial charge in [-0.25, -0.2) is 0 Å². The van der Waals surface area contributed by atoms with Crippen LogP contribution in [0.5, 0.6) is 0 Å². The van der Waals surface area contributed by atoms with E-state index < -0.39 is 5.97 Å². The Hall–Kier alpha value is -2.86. The summed E-state index contributed by atoms with van der Waals surface area (Å²) in [4.78, 5) is 56.2. The summed E-state index contributed by atoms with van der Waals surface area (Å²) in [6.45, 7) is 6.28. The second kappa shape index (κ2) is 59.6. The number of carboxylic acid groups (broad SMARTS) is 1. The van der Waals surface area contributed by atoms with E-state index in [0.717, 1.165) is 51.4 Å². The maximum Gasteiger partial charge on any atom is 0.303 e. The van der Waals surface area contributed by atoms with Crippen molar-refractivity contribution in [3.8, 4) is 0 Å². The quantitative estimate of drug-likeness (QED) is 0.0456. The minimum absolute atomic E-state index is 0.250. The van der Waals surface area contributed by atoms with E-state index in [1.54, 1.807) is 6.92 Å². The number of ether oxygens (including phenoxy) is 2. The molecule has 0 aromatic heterocycles. The van der Waals surface area contributed by atoms with Gasteiger partial charge in [0.25, 0.3) is 0 Å². The molecule has 3 amide bonds. The van der Waals surface area contributed by atoms with Crippen molar-refractivity contribution in [2.45, 2.75) is 168 Å². The van der Waals surface area contributed by atoms with Gasteiger partial charge in [0.1, 0.15) is 12.1 Å². The van der Waals surface area contributed by atoms with Crippen LogP contribution >= 0.6 is 0 Å². The van der Waals surface area contributed by atoms with E-state index in [1.165, 1.54) is 103 Å². The van der Waals surface area contributed by atoms with Crippen LogP contribution in [0.15, 0.2) is 0 Å². The Morgan fingerprint density at radius 3 is 1.00 bits per heavy atom. The van der Waals surface area contributed by atoms with Gasteiger partial charge in [0, 0.05) is 32.5 Å². The van der Waals surface area contributed by atoms with Crippen molar-refractivity contribution in [1.29, 1.82) is 0 Å². The summed E-state index contributed by atoms with van der Waals surface area (Å²) in [5.74, 6) is -0.460. The van der Waals surface area contributed by atoms with Gasteiger partial charge in [0.2, 0.25) is 19.2 Å². The Kier molecular flexibility index (Phi) is 67.7. The summed E-state index contributed by atoms with van der Waals surface area (Å²) < 4.78 is 11.1. The van der Waals surface area contributed by atoms with E-state index in [1.807, 2.05) is 6.92 Å². The number of hydrogen-bond donors (Lipinski definition) is 4. The average molecular weight is 692 g/mol. The van der Waals surface area contributed by atoms with Crippen LogP contribution in [0.2, 0.25) is 0 Å². The van der Waals surface area contributed by atoms with Crippen LogP contribution in [0.1, 0.15) is 168 Å². The van der Waals surface area contributed by atoms with Crippen molar-refractivity contribution in [3.05, 3.63) is 0 Å². The Bertz CT molecular complexity index is 640. The van der Waals surface area contributed by atoms with E-state index in [0.29, 0.717) is 26.2 Å². The largest absolute Gasteiger partial charge is 0.481 e. The number of rotatable bonds is 31. The van der Waals surface area contributed by atoms with E-state index in [-0.39, 0.29) is 31.4 Å². The molecule has 0 aromatic carbocycles. The molecule has 0 heterocycles. The predicted molar refractivity (Wildman–Crippen MR) is 193 cm³/mol. The van der Waals surface area contributed by atoms with E-state index >= 15 is 0 Å². The van der Waals surface area contributed by atoms with Gasteiger partial charge in [0.05, 0.1) is 13.2 Å². The van der Waals surface area contributed by atoms with Gasteiger partial charge in [-0.15, -0.1) is 0 Å². The highest BCUT2D eigenvalue weighted by Gasteiger charge is 1.98. The molecule has 0 saturated carbocycles. The lowest BCUT2D eigenvalue weighted by atomic mass is 10.0. The molecule has 286 valence electrons. The number of ketones is 1. The van der Waals surface area contributed by atoms with Gasteiger partial charge < -0.3 is 41.4 Å². The SMILES string of the molecule is CCC(C)=O.NC=O.NC=O.NC=O.O=CCCCCCCCCCCCCCCCCCCCCOCCOCCCCCC(=O)O. The standard InChI is InChI=1S/C29H56O5.C4H8O.3CH3NO/c30-24-20-16-14-12-10-8-6-4-2-1-3-5-7-9-11-13-15-17-21-25-33-27-28-34-26-22-18-19-23-29(31)32;1-3-4(2)5;3*2-1-3/h24H,1-23,25-28H2,(H,31,32);3H2,1-2H3;3*1H,(H2,2,3). The highest BCUT2D eigenvalue weighted by atomic mass is 16.5. The third-order valence-corrected chi connectivity index (χ3v) is 6.91. The van der Waals surface area contributed by atoms with Crippen LogP contribution in [-0.2, 0) is 38.2 Å². The van der Waals surface area contributed by atoms with E-state index in [4.69, 9.17) is 29.0 Å². The van der Waals surface area contributed by atoms with Crippen molar-refractivity contribution >= 4 is 37.3 Å². The summed E-state index contributed by atoms with van der Waals surface area (Å²) in [6.07, 6.45) is 30.1. The number of hydrogen-bond acceptors (Lipinski definition) is 8. The van der Waals surface area contributed by atoms with Crippen LogP contribution in [0.25, 0.3) is 0 Å². The zero-order chi connectivity index (χ0) is 37.2. The lowest BCUT2D eigenvalue weighted by molar-refractivity contribution is -0.137. The monoisotopic (exact) mass is 692 g/mol. The van der Waals surface area contributed by atoms with Crippen LogP contribution in [0, 0.1) is 0 Å². The maximum atomic E-state index is 10.4. The fraction of sp³-hybridized carbons (Fsp3) is 0.833. The summed E-state index contributed by atoms with van der Waals surface area (Å²) in [5, 5.41) is 8.56. The fourth-order valence-corrected chi connectivity index (χ4v) is 4.24. The molecular weight excluding hydrogens is 618 g/mol. The lowest BCUT2D eigenvalue weighted by Crippen LogP contribution is -2.06. The number of carbonyl (C=O) groups is 6. The molecule has 0 fully saturated rings. The fourth-order valence-electron chi connectivity index (χ4n) is 4.24. The molecule has 0 aliphatic rings. The van der Waals surface area contributed by atoms with Crippen LogP contribution < -0.4 is 17.2 Å². The lowest BCUT2D eigenvalue weighted by Gasteiger charge is -2.06. The molecule has 0 aromatic rings. The molecule has 0 aliphatic carbocycles. The first kappa shape index (κ1) is 54.6. The summed E-state index contributed by atoms with van der Waals surface area (Å²) in [5.41, 5.74) is 12.5. The summed E-state index contributed by atoms with van der Waals surface area (Å²) >= 11 is 0. The first-order valence-electron chi connectivity index (χ1n) is 18.1. The highest BCUT2D eigenvalue weighted by molar-refractivity contribution is 5.74. The molecule has 0 saturated heterocycles. The topological polar surface area (TPSA) is 219 Å². The van der Waals surface area contributed by atoms with E-state index in [9.17, 15) is 14.4 Å². The summed E-state index contributed by atoms with van der Waals surface area (Å²) in [6, 6.07) is 0. The second-order valence-electron chi connectivity index (χ2n) is 11.2. The molecule has 0 atom stereocenters. The molecule has 0 unspecified atom stereocenters. The molecule has 0 rings (SSSR count). The normalized spacial score (nSPS) is 9.46. The Labute approximate surface area is 292 Å². The smallest absolute Gasteiger partial charge is 0.303 e. The van der Waals surface area contributed by atoms with Crippen LogP contribution in [0.4, 0.5) is 0 Å². The number of amides is 3. The maximum absolute atomic E-state index is 10.4. The molecule has 0 spiro atoms. The van der Waals surface area contributed by atoms with Gasteiger partial charge in [-0.3, -0.25) is 19.2 Å².